The van der Waals surface area contributed by atoms with Gasteiger partial charge in [-0.2, -0.15) is 13.2 Å². The third kappa shape index (κ3) is 3.91. The molecule has 184 valence electrons. The number of unbranched alkanes of at least 4 members (excludes halogenated alkanes) is 1. The number of benzene rings is 1. The van der Waals surface area contributed by atoms with Crippen LogP contribution in [0, 0.1) is 22.7 Å². The number of phenolic OH excluding ortho intramolecular Hbond substituents is 1. The van der Waals surface area contributed by atoms with Crippen molar-refractivity contribution in [1.82, 2.24) is 0 Å². The quantitative estimate of drug-likeness (QED) is 0.342. The van der Waals surface area contributed by atoms with Crippen LogP contribution in [-0.4, -0.2) is 33.2 Å². The summed E-state index contributed by atoms with van der Waals surface area (Å²) in [7, 11) is 0. The van der Waals surface area contributed by atoms with Crippen molar-refractivity contribution in [2.75, 3.05) is 0 Å². The van der Waals surface area contributed by atoms with E-state index in [9.17, 15) is 28.5 Å². The number of aryl methyl sites for hydroxylation is 1. The fraction of sp³-hybridized carbons (Fsp3) is 0.704. The Morgan fingerprint density at radius 1 is 1.21 bits per heavy atom. The number of rotatable bonds is 6. The van der Waals surface area contributed by atoms with Crippen LogP contribution in [0.5, 0.6) is 5.75 Å². The van der Waals surface area contributed by atoms with Gasteiger partial charge in [-0.05, 0) is 104 Å². The summed E-state index contributed by atoms with van der Waals surface area (Å²) >= 11 is 0. The lowest BCUT2D eigenvalue weighted by atomic mass is 9.43. The molecule has 33 heavy (non-hydrogen) atoms. The number of allylic oxidation sites excluding steroid dienone is 1. The van der Waals surface area contributed by atoms with Crippen LogP contribution >= 0.6 is 0 Å². The van der Waals surface area contributed by atoms with E-state index < -0.39 is 17.9 Å². The molecule has 0 spiro atoms. The molecule has 3 aliphatic rings. The molecule has 0 aliphatic heterocycles. The highest BCUT2D eigenvalue weighted by Gasteiger charge is 2.66. The molecule has 3 aliphatic carbocycles. The average Bonchev–Trinajstić information content (AvgIpc) is 2.98. The number of hydrogen-bond acceptors (Lipinski definition) is 3. The molecule has 3 nitrogen and oxygen atoms in total. The number of alkyl halides is 3. The number of fused-ring (bicyclic) bond motifs is 5. The minimum absolute atomic E-state index is 0.166. The van der Waals surface area contributed by atoms with Gasteiger partial charge in [0.2, 0.25) is 0 Å². The second-order valence-corrected chi connectivity index (χ2v) is 11.3. The van der Waals surface area contributed by atoms with Crippen LogP contribution in [0.15, 0.2) is 30.9 Å². The van der Waals surface area contributed by atoms with Gasteiger partial charge in [-0.25, -0.2) is 0 Å². The van der Waals surface area contributed by atoms with Crippen LogP contribution in [0.4, 0.5) is 13.2 Å². The highest BCUT2D eigenvalue weighted by Crippen LogP contribution is 2.71. The van der Waals surface area contributed by atoms with Crippen molar-refractivity contribution in [1.29, 1.82) is 0 Å². The van der Waals surface area contributed by atoms with Gasteiger partial charge in [0.05, 0.1) is 5.60 Å². The van der Waals surface area contributed by atoms with E-state index in [0.29, 0.717) is 12.8 Å². The summed E-state index contributed by atoms with van der Waals surface area (Å²) in [6.07, 6.45) is 0.851. The van der Waals surface area contributed by atoms with Crippen molar-refractivity contribution in [2.45, 2.75) is 95.4 Å². The molecule has 4 rings (SSSR count). The van der Waals surface area contributed by atoms with Crippen LogP contribution in [0.3, 0.4) is 0 Å². The monoisotopic (exact) mass is 466 g/mol. The van der Waals surface area contributed by atoms with Gasteiger partial charge in [-0.1, -0.05) is 31.9 Å². The third-order valence-corrected chi connectivity index (χ3v) is 9.65. The molecule has 0 bridgehead atoms. The molecular weight excluding hydrogens is 429 g/mol. The normalized spacial score (nSPS) is 38.8. The van der Waals surface area contributed by atoms with E-state index in [-0.39, 0.29) is 40.8 Å². The summed E-state index contributed by atoms with van der Waals surface area (Å²) in [5.74, 6) is 0.883. The summed E-state index contributed by atoms with van der Waals surface area (Å²) in [4.78, 5) is 0. The van der Waals surface area contributed by atoms with Crippen LogP contribution in [0.1, 0.15) is 82.3 Å². The lowest BCUT2D eigenvalue weighted by molar-refractivity contribution is -0.205. The van der Waals surface area contributed by atoms with Crippen molar-refractivity contribution in [3.8, 4) is 5.75 Å². The molecule has 7 atom stereocenters. The average molecular weight is 467 g/mol. The molecule has 6 heteroatoms. The predicted octanol–water partition coefficient (Wildman–Crippen LogP) is 6.27. The van der Waals surface area contributed by atoms with Gasteiger partial charge in [-0.3, -0.25) is 0 Å². The molecule has 1 aromatic carbocycles. The smallest absolute Gasteiger partial charge is 0.414 e. The van der Waals surface area contributed by atoms with Crippen LogP contribution < -0.4 is 0 Å². The maximum absolute atomic E-state index is 12.7. The first kappa shape index (κ1) is 24.6. The van der Waals surface area contributed by atoms with Gasteiger partial charge in [0, 0.05) is 0 Å². The number of phenols is 1. The number of hydrogen-bond donors (Lipinski definition) is 3. The summed E-state index contributed by atoms with van der Waals surface area (Å²) in [5.41, 5.74) is 1.09. The van der Waals surface area contributed by atoms with Crippen molar-refractivity contribution in [3.05, 3.63) is 42.0 Å². The van der Waals surface area contributed by atoms with Crippen molar-refractivity contribution >= 4 is 0 Å². The topological polar surface area (TPSA) is 60.7 Å². The fourth-order valence-electron chi connectivity index (χ4n) is 7.83. The largest absolute Gasteiger partial charge is 0.508 e. The molecule has 2 fully saturated rings. The molecule has 1 unspecified atom stereocenters. The summed E-state index contributed by atoms with van der Waals surface area (Å²) in [6, 6.07) is 5.59. The van der Waals surface area contributed by atoms with E-state index in [2.05, 4.69) is 19.6 Å². The zero-order chi connectivity index (χ0) is 24.2. The SMILES string of the molecule is C=C[C@@]12CCc3cc(O)ccc3[C@H]1[C@@H](CCCCC(O)C(F)(F)F)C[C@@]1(C)[C@H]2CC[C@]1(C)O. The van der Waals surface area contributed by atoms with Gasteiger partial charge in [0.25, 0.3) is 0 Å². The summed E-state index contributed by atoms with van der Waals surface area (Å²) in [6.45, 7) is 8.41. The van der Waals surface area contributed by atoms with Gasteiger partial charge >= 0.3 is 6.18 Å². The molecule has 0 heterocycles. The number of aliphatic hydroxyl groups excluding tert-OH is 1. The number of halogens is 3. The van der Waals surface area contributed by atoms with E-state index in [1.54, 1.807) is 6.07 Å². The molecule has 0 radical (unpaired) electrons. The maximum Gasteiger partial charge on any atom is 0.414 e. The summed E-state index contributed by atoms with van der Waals surface area (Å²) in [5, 5.41) is 30.8. The Labute approximate surface area is 194 Å². The van der Waals surface area contributed by atoms with E-state index >= 15 is 0 Å². The first-order valence-corrected chi connectivity index (χ1v) is 12.3. The van der Waals surface area contributed by atoms with Gasteiger partial charge in [0.15, 0.2) is 0 Å². The van der Waals surface area contributed by atoms with E-state index in [1.807, 2.05) is 19.1 Å². The highest BCUT2D eigenvalue weighted by atomic mass is 19.4. The number of aliphatic hydroxyl groups is 2. The molecule has 2 saturated carbocycles. The van der Waals surface area contributed by atoms with Crippen LogP contribution in [-0.2, 0) is 6.42 Å². The van der Waals surface area contributed by atoms with Crippen LogP contribution in [0.25, 0.3) is 0 Å². The van der Waals surface area contributed by atoms with Gasteiger partial charge in [-0.15, -0.1) is 6.58 Å². The molecular formula is C27H37F3O3. The zero-order valence-corrected chi connectivity index (χ0v) is 19.7. The maximum atomic E-state index is 12.7. The Bertz CT molecular complexity index is 895. The van der Waals surface area contributed by atoms with Crippen molar-refractivity contribution in [3.63, 3.8) is 0 Å². The molecule has 3 N–H and O–H groups in total. The third-order valence-electron chi connectivity index (χ3n) is 9.65. The molecule has 1 aromatic rings. The molecule has 0 amide bonds. The Morgan fingerprint density at radius 2 is 1.94 bits per heavy atom. The Balaban J connectivity index is 1.66. The predicted molar refractivity (Wildman–Crippen MR) is 122 cm³/mol. The highest BCUT2D eigenvalue weighted by molar-refractivity contribution is 5.43. The fourth-order valence-corrected chi connectivity index (χ4v) is 7.83. The Hall–Kier alpha value is -1.53. The second-order valence-electron chi connectivity index (χ2n) is 11.3. The Morgan fingerprint density at radius 3 is 2.61 bits per heavy atom. The standard InChI is InChI=1S/C27H37F3O3/c1-4-26-14-11-17-15-19(31)9-10-20(17)23(26)18(7-5-6-8-22(32)27(28,29)30)16-24(2)21(26)12-13-25(24,3)33/h4,9-10,15,18,21-23,31-33H,1,5-8,11-14,16H2,2-3H3/t18-,21+,22?,23+,24-,25-,26-/m0/s1. The van der Waals surface area contributed by atoms with Gasteiger partial charge in [0.1, 0.15) is 11.9 Å². The summed E-state index contributed by atoms with van der Waals surface area (Å²) < 4.78 is 38.2. The minimum atomic E-state index is -4.57. The first-order valence-electron chi connectivity index (χ1n) is 12.3. The lowest BCUT2D eigenvalue weighted by Crippen LogP contribution is -2.56. The molecule has 0 saturated heterocycles. The van der Waals surface area contributed by atoms with E-state index in [4.69, 9.17) is 0 Å². The number of aromatic hydroxyl groups is 1. The van der Waals surface area contributed by atoms with E-state index in [0.717, 1.165) is 44.1 Å². The van der Waals surface area contributed by atoms with Crippen LogP contribution in [0.2, 0.25) is 0 Å². The van der Waals surface area contributed by atoms with Gasteiger partial charge < -0.3 is 15.3 Å². The Kier molecular flexibility index (Phi) is 6.18. The van der Waals surface area contributed by atoms with Crippen molar-refractivity contribution in [2.24, 2.45) is 22.7 Å². The molecule has 0 aromatic heterocycles. The van der Waals surface area contributed by atoms with E-state index in [1.165, 1.54) is 5.56 Å². The van der Waals surface area contributed by atoms with Crippen molar-refractivity contribution < 1.29 is 28.5 Å². The first-order chi connectivity index (χ1) is 15.4. The minimum Gasteiger partial charge on any atom is -0.508 e. The lowest BCUT2D eigenvalue weighted by Gasteiger charge is -2.61. The zero-order valence-electron chi connectivity index (χ0n) is 19.7. The second kappa shape index (κ2) is 8.30.